The number of aliphatic carboxylic acids is 1. The van der Waals surface area contributed by atoms with Gasteiger partial charge < -0.3 is 14.6 Å². The van der Waals surface area contributed by atoms with Crippen LogP contribution in [0, 0.1) is 0 Å². The minimum absolute atomic E-state index is 0.491. The molecule has 0 fully saturated rings. The van der Waals surface area contributed by atoms with Gasteiger partial charge in [-0.25, -0.2) is 4.98 Å². The largest absolute Gasteiger partial charge is 0.545 e. The number of pyridine rings is 1. The van der Waals surface area contributed by atoms with Gasteiger partial charge in [0.25, 0.3) is 0 Å². The van der Waals surface area contributed by atoms with Gasteiger partial charge >= 0.3 is 0 Å². The average Bonchev–Trinajstić information content (AvgIpc) is 2.15. The van der Waals surface area contributed by atoms with Crippen molar-refractivity contribution in [3.63, 3.8) is 0 Å². The molecule has 1 heterocycles. The second-order valence-electron chi connectivity index (χ2n) is 2.29. The van der Waals surface area contributed by atoms with Crippen LogP contribution < -0.4 is 9.84 Å². The molecule has 13 heavy (non-hydrogen) atoms. The summed E-state index contributed by atoms with van der Waals surface area (Å²) in [6, 6.07) is 3.35. The monoisotopic (exact) mass is 178 g/mol. The average molecular weight is 178 g/mol. The molecule has 4 nitrogen and oxygen atoms in total. The third-order valence-corrected chi connectivity index (χ3v) is 1.38. The Morgan fingerprint density at radius 3 is 2.85 bits per heavy atom. The van der Waals surface area contributed by atoms with Crippen LogP contribution in [0.2, 0.25) is 0 Å². The first-order chi connectivity index (χ1) is 6.22. The lowest BCUT2D eigenvalue weighted by Gasteiger charge is -1.97. The minimum atomic E-state index is -1.23. The van der Waals surface area contributed by atoms with E-state index in [1.165, 1.54) is 19.4 Å². The van der Waals surface area contributed by atoms with E-state index in [0.717, 1.165) is 6.08 Å². The predicted molar refractivity (Wildman–Crippen MR) is 44.8 cm³/mol. The molecule has 0 radical (unpaired) electrons. The third-order valence-electron chi connectivity index (χ3n) is 1.38. The molecule has 4 heteroatoms. The first kappa shape index (κ1) is 9.25. The number of ether oxygens (including phenoxy) is 1. The van der Waals surface area contributed by atoms with Crippen molar-refractivity contribution in [2.24, 2.45) is 0 Å². The summed E-state index contributed by atoms with van der Waals surface area (Å²) in [6.07, 6.45) is 3.86. The molecule has 0 N–H and O–H groups in total. The quantitative estimate of drug-likeness (QED) is 0.604. The van der Waals surface area contributed by atoms with Crippen LogP contribution in [0.25, 0.3) is 6.08 Å². The molecule has 0 aliphatic rings. The lowest BCUT2D eigenvalue weighted by atomic mass is 10.2. The second-order valence-corrected chi connectivity index (χ2v) is 2.29. The number of methoxy groups -OCH3 is 1. The van der Waals surface area contributed by atoms with Gasteiger partial charge in [-0.1, -0.05) is 6.08 Å². The van der Waals surface area contributed by atoms with Gasteiger partial charge in [0, 0.05) is 12.3 Å². The molecule has 0 spiro atoms. The summed E-state index contributed by atoms with van der Waals surface area (Å²) < 4.78 is 4.83. The first-order valence-corrected chi connectivity index (χ1v) is 3.61. The van der Waals surface area contributed by atoms with Crippen LogP contribution in [0.1, 0.15) is 5.56 Å². The van der Waals surface area contributed by atoms with E-state index in [-0.39, 0.29) is 0 Å². The smallest absolute Gasteiger partial charge is 0.212 e. The second kappa shape index (κ2) is 4.25. The van der Waals surface area contributed by atoms with E-state index in [9.17, 15) is 9.90 Å². The van der Waals surface area contributed by atoms with Gasteiger partial charge in [0.15, 0.2) is 0 Å². The van der Waals surface area contributed by atoms with Gasteiger partial charge in [0.2, 0.25) is 5.88 Å². The highest BCUT2D eigenvalue weighted by atomic mass is 16.5. The van der Waals surface area contributed by atoms with Crippen LogP contribution in [-0.2, 0) is 4.79 Å². The zero-order valence-electron chi connectivity index (χ0n) is 7.06. The van der Waals surface area contributed by atoms with E-state index >= 15 is 0 Å². The highest BCUT2D eigenvalue weighted by Crippen LogP contribution is 2.07. The van der Waals surface area contributed by atoms with E-state index in [1.807, 2.05) is 0 Å². The Hall–Kier alpha value is -1.84. The van der Waals surface area contributed by atoms with Crippen molar-refractivity contribution in [3.8, 4) is 5.88 Å². The third kappa shape index (κ3) is 2.94. The summed E-state index contributed by atoms with van der Waals surface area (Å²) in [7, 11) is 1.51. The number of aromatic nitrogens is 1. The summed E-state index contributed by atoms with van der Waals surface area (Å²) in [5, 5.41) is 10.1. The number of carboxylic acids is 1. The fourth-order valence-corrected chi connectivity index (χ4v) is 0.775. The van der Waals surface area contributed by atoms with E-state index in [2.05, 4.69) is 4.98 Å². The fraction of sp³-hybridized carbons (Fsp3) is 0.111. The molecule has 1 aromatic heterocycles. The molecule has 0 aliphatic carbocycles. The molecule has 0 amide bonds. The maximum atomic E-state index is 10.1. The number of carbonyl (C=O) groups is 1. The summed E-state index contributed by atoms with van der Waals surface area (Å²) in [4.78, 5) is 13.9. The highest BCUT2D eigenvalue weighted by molar-refractivity contribution is 5.83. The molecule has 0 bridgehead atoms. The fourth-order valence-electron chi connectivity index (χ4n) is 0.775. The Morgan fingerprint density at radius 1 is 1.62 bits per heavy atom. The van der Waals surface area contributed by atoms with Gasteiger partial charge in [-0.3, -0.25) is 0 Å². The van der Waals surface area contributed by atoms with Crippen molar-refractivity contribution in [2.45, 2.75) is 0 Å². The maximum absolute atomic E-state index is 10.1. The lowest BCUT2D eigenvalue weighted by molar-refractivity contribution is -0.297. The number of carbonyl (C=O) groups excluding carboxylic acids is 1. The number of hydrogen-bond donors (Lipinski definition) is 0. The van der Waals surface area contributed by atoms with E-state index in [0.29, 0.717) is 11.4 Å². The highest BCUT2D eigenvalue weighted by Gasteiger charge is 1.90. The number of carboxylic acid groups (broad SMARTS) is 1. The minimum Gasteiger partial charge on any atom is -0.545 e. The van der Waals surface area contributed by atoms with Crippen molar-refractivity contribution in [3.05, 3.63) is 30.0 Å². The molecular formula is C9H8NO3-. The van der Waals surface area contributed by atoms with Crippen molar-refractivity contribution in [1.82, 2.24) is 4.98 Å². The molecule has 0 aliphatic heterocycles. The van der Waals surface area contributed by atoms with Crippen molar-refractivity contribution >= 4 is 12.0 Å². The normalized spacial score (nSPS) is 10.2. The van der Waals surface area contributed by atoms with Crippen molar-refractivity contribution < 1.29 is 14.6 Å². The SMILES string of the molecule is COc1ccc(/C=C/C(=O)[O-])cn1. The number of hydrogen-bond acceptors (Lipinski definition) is 4. The molecule has 0 saturated heterocycles. The molecule has 0 unspecified atom stereocenters. The molecule has 0 aromatic carbocycles. The van der Waals surface area contributed by atoms with Crippen LogP contribution in [-0.4, -0.2) is 18.1 Å². The van der Waals surface area contributed by atoms with Gasteiger partial charge in [-0.05, 0) is 17.7 Å². The summed E-state index contributed by atoms with van der Waals surface area (Å²) in [5.41, 5.74) is 0.685. The molecule has 0 saturated carbocycles. The molecule has 0 atom stereocenters. The maximum Gasteiger partial charge on any atom is 0.212 e. The summed E-state index contributed by atoms with van der Waals surface area (Å²) >= 11 is 0. The Morgan fingerprint density at radius 2 is 2.38 bits per heavy atom. The Balaban J connectivity index is 2.75. The van der Waals surface area contributed by atoms with Gasteiger partial charge in [0.1, 0.15) is 0 Å². The molecule has 68 valence electrons. The Kier molecular flexibility index (Phi) is 3.03. The molecule has 1 rings (SSSR count). The predicted octanol–water partition coefficient (Wildman–Crippen LogP) is -0.147. The zero-order valence-corrected chi connectivity index (χ0v) is 7.06. The summed E-state index contributed by atoms with van der Waals surface area (Å²) in [5.74, 6) is -0.735. The van der Waals surface area contributed by atoms with Crippen molar-refractivity contribution in [2.75, 3.05) is 7.11 Å². The zero-order chi connectivity index (χ0) is 9.68. The lowest BCUT2D eigenvalue weighted by Crippen LogP contribution is -2.18. The van der Waals surface area contributed by atoms with Crippen LogP contribution in [0.5, 0.6) is 5.88 Å². The first-order valence-electron chi connectivity index (χ1n) is 3.61. The van der Waals surface area contributed by atoms with Crippen LogP contribution in [0.15, 0.2) is 24.4 Å². The van der Waals surface area contributed by atoms with Gasteiger partial charge in [0.05, 0.1) is 13.1 Å². The van der Waals surface area contributed by atoms with Gasteiger partial charge in [-0.2, -0.15) is 0 Å². The standard InChI is InChI=1S/C9H9NO3/c1-13-8-4-2-7(6-10-8)3-5-9(11)12/h2-6H,1H3,(H,11,12)/p-1/b5-3+. The van der Waals surface area contributed by atoms with Crippen LogP contribution >= 0.6 is 0 Å². The van der Waals surface area contributed by atoms with E-state index < -0.39 is 5.97 Å². The van der Waals surface area contributed by atoms with Gasteiger partial charge in [-0.15, -0.1) is 0 Å². The number of nitrogens with zero attached hydrogens (tertiary/aromatic N) is 1. The molecular weight excluding hydrogens is 170 g/mol. The van der Waals surface area contributed by atoms with Crippen LogP contribution in [0.3, 0.4) is 0 Å². The molecule has 1 aromatic rings. The Bertz CT molecular complexity index is 316. The topological polar surface area (TPSA) is 62.2 Å². The number of rotatable bonds is 3. The van der Waals surface area contributed by atoms with E-state index in [4.69, 9.17) is 4.74 Å². The van der Waals surface area contributed by atoms with Crippen LogP contribution in [0.4, 0.5) is 0 Å². The Labute approximate surface area is 75.5 Å². The summed E-state index contributed by atoms with van der Waals surface area (Å²) in [6.45, 7) is 0. The van der Waals surface area contributed by atoms with Crippen molar-refractivity contribution in [1.29, 1.82) is 0 Å². The van der Waals surface area contributed by atoms with E-state index in [1.54, 1.807) is 12.1 Å².